The van der Waals surface area contributed by atoms with E-state index >= 15 is 0 Å². The molecule has 4 N–H and O–H groups in total. The quantitative estimate of drug-likeness (QED) is 0.661. The van der Waals surface area contributed by atoms with E-state index in [0.29, 0.717) is 13.0 Å². The van der Waals surface area contributed by atoms with E-state index < -0.39 is 0 Å². The fourth-order valence-corrected chi connectivity index (χ4v) is 1.71. The number of nitrogens with one attached hydrogen (secondary N) is 2. The molecule has 0 aliphatic heterocycles. The van der Waals surface area contributed by atoms with Crippen LogP contribution in [-0.2, 0) is 11.2 Å². The topological polar surface area (TPSA) is 92.9 Å². The van der Waals surface area contributed by atoms with E-state index in [1.165, 1.54) is 0 Å². The number of hydrogen-bond acceptors (Lipinski definition) is 5. The van der Waals surface area contributed by atoms with Crippen LogP contribution in [0.1, 0.15) is 38.1 Å². The maximum absolute atomic E-state index is 10.8. The second kappa shape index (κ2) is 7.56. The third-order valence-electron chi connectivity index (χ3n) is 2.67. The first kappa shape index (κ1) is 15.2. The van der Waals surface area contributed by atoms with Gasteiger partial charge in [0.25, 0.3) is 0 Å². The third kappa shape index (κ3) is 4.73. The number of rotatable bonds is 8. The standard InChI is InChI=1S/C13H23N5O/c1-4-6-11-17-12(15-5-2)9(3)13(18-11)16-8-7-10(14)19/h4-8H2,1-3H3,(H2,14,19)(H2,15,16,17,18). The molecule has 1 rings (SSSR count). The number of aromatic nitrogens is 2. The normalized spacial score (nSPS) is 10.3. The largest absolute Gasteiger partial charge is 0.370 e. The van der Waals surface area contributed by atoms with Crippen LogP contribution in [0.4, 0.5) is 11.6 Å². The Morgan fingerprint density at radius 1 is 1.21 bits per heavy atom. The highest BCUT2D eigenvalue weighted by Crippen LogP contribution is 2.20. The molecular weight excluding hydrogens is 242 g/mol. The van der Waals surface area contributed by atoms with Crippen molar-refractivity contribution >= 4 is 17.5 Å². The van der Waals surface area contributed by atoms with Crippen LogP contribution in [0.5, 0.6) is 0 Å². The number of nitrogens with two attached hydrogens (primary N) is 1. The molecule has 0 aromatic carbocycles. The number of carbonyl (C=O) groups excluding carboxylic acids is 1. The first-order chi connectivity index (χ1) is 9.08. The Balaban J connectivity index is 2.89. The minimum atomic E-state index is -0.320. The van der Waals surface area contributed by atoms with Crippen LogP contribution >= 0.6 is 0 Å². The average molecular weight is 265 g/mol. The van der Waals surface area contributed by atoms with Crippen LogP contribution < -0.4 is 16.4 Å². The molecule has 19 heavy (non-hydrogen) atoms. The third-order valence-corrected chi connectivity index (χ3v) is 2.67. The molecule has 0 unspecified atom stereocenters. The van der Waals surface area contributed by atoms with Gasteiger partial charge in [0.2, 0.25) is 5.91 Å². The molecule has 1 aromatic rings. The van der Waals surface area contributed by atoms with E-state index in [2.05, 4.69) is 27.5 Å². The molecular formula is C13H23N5O. The smallest absolute Gasteiger partial charge is 0.219 e. The van der Waals surface area contributed by atoms with Gasteiger partial charge in [0.05, 0.1) is 0 Å². The summed E-state index contributed by atoms with van der Waals surface area (Å²) in [6.07, 6.45) is 2.13. The van der Waals surface area contributed by atoms with E-state index in [9.17, 15) is 4.79 Å². The van der Waals surface area contributed by atoms with E-state index in [0.717, 1.165) is 42.4 Å². The van der Waals surface area contributed by atoms with Crippen molar-refractivity contribution < 1.29 is 4.79 Å². The first-order valence-corrected chi connectivity index (χ1v) is 6.72. The molecule has 0 bridgehead atoms. The van der Waals surface area contributed by atoms with Crippen LogP contribution in [0, 0.1) is 6.92 Å². The molecule has 0 aliphatic rings. The van der Waals surface area contributed by atoms with Crippen molar-refractivity contribution in [3.63, 3.8) is 0 Å². The van der Waals surface area contributed by atoms with Gasteiger partial charge in [0.15, 0.2) is 0 Å². The number of primary amides is 1. The van der Waals surface area contributed by atoms with Gasteiger partial charge in [-0.3, -0.25) is 4.79 Å². The molecule has 0 saturated carbocycles. The Labute approximate surface area is 114 Å². The molecule has 0 fully saturated rings. The van der Waals surface area contributed by atoms with Crippen molar-refractivity contribution in [2.45, 2.75) is 40.0 Å². The predicted molar refractivity (Wildman–Crippen MR) is 77.2 cm³/mol. The summed E-state index contributed by atoms with van der Waals surface area (Å²) >= 11 is 0. The van der Waals surface area contributed by atoms with Gasteiger partial charge < -0.3 is 16.4 Å². The monoisotopic (exact) mass is 265 g/mol. The lowest BCUT2D eigenvalue weighted by molar-refractivity contribution is -0.117. The lowest BCUT2D eigenvalue weighted by atomic mass is 10.2. The van der Waals surface area contributed by atoms with Crippen LogP contribution in [0.15, 0.2) is 0 Å². The second-order valence-corrected chi connectivity index (χ2v) is 4.39. The summed E-state index contributed by atoms with van der Waals surface area (Å²) < 4.78 is 0. The van der Waals surface area contributed by atoms with Crippen LogP contribution in [0.25, 0.3) is 0 Å². The molecule has 0 saturated heterocycles. The number of nitrogens with zero attached hydrogens (tertiary/aromatic N) is 2. The maximum atomic E-state index is 10.8. The maximum Gasteiger partial charge on any atom is 0.219 e. The zero-order valence-corrected chi connectivity index (χ0v) is 11.9. The van der Waals surface area contributed by atoms with Crippen molar-refractivity contribution in [2.24, 2.45) is 5.73 Å². The molecule has 106 valence electrons. The van der Waals surface area contributed by atoms with Gasteiger partial charge in [0.1, 0.15) is 17.5 Å². The van der Waals surface area contributed by atoms with Gasteiger partial charge in [-0.2, -0.15) is 0 Å². The summed E-state index contributed by atoms with van der Waals surface area (Å²) in [7, 11) is 0. The Morgan fingerprint density at radius 2 is 1.84 bits per heavy atom. The fourth-order valence-electron chi connectivity index (χ4n) is 1.71. The molecule has 0 spiro atoms. The highest BCUT2D eigenvalue weighted by molar-refractivity contribution is 5.74. The Bertz CT molecular complexity index is 433. The molecule has 1 aromatic heterocycles. The molecule has 0 atom stereocenters. The van der Waals surface area contributed by atoms with Gasteiger partial charge in [-0.25, -0.2) is 9.97 Å². The number of hydrogen-bond donors (Lipinski definition) is 3. The summed E-state index contributed by atoms with van der Waals surface area (Å²) in [5.74, 6) is 2.11. The summed E-state index contributed by atoms with van der Waals surface area (Å²) in [5, 5.41) is 6.38. The highest BCUT2D eigenvalue weighted by Gasteiger charge is 2.10. The van der Waals surface area contributed by atoms with E-state index in [1.807, 2.05) is 13.8 Å². The zero-order chi connectivity index (χ0) is 14.3. The zero-order valence-electron chi connectivity index (χ0n) is 11.9. The van der Waals surface area contributed by atoms with E-state index in [1.54, 1.807) is 0 Å². The van der Waals surface area contributed by atoms with E-state index in [4.69, 9.17) is 5.73 Å². The number of amides is 1. The highest BCUT2D eigenvalue weighted by atomic mass is 16.1. The van der Waals surface area contributed by atoms with Gasteiger partial charge in [0, 0.05) is 31.5 Å². The van der Waals surface area contributed by atoms with Crippen LogP contribution in [0.3, 0.4) is 0 Å². The summed E-state index contributed by atoms with van der Waals surface area (Å²) in [6, 6.07) is 0. The van der Waals surface area contributed by atoms with Crippen molar-refractivity contribution in [1.29, 1.82) is 0 Å². The van der Waals surface area contributed by atoms with Crippen LogP contribution in [0.2, 0.25) is 0 Å². The summed E-state index contributed by atoms with van der Waals surface area (Å²) in [6.45, 7) is 7.38. The Morgan fingerprint density at radius 3 is 2.37 bits per heavy atom. The molecule has 1 amide bonds. The van der Waals surface area contributed by atoms with Gasteiger partial charge in [-0.05, 0) is 20.3 Å². The molecule has 6 heteroatoms. The molecule has 0 radical (unpaired) electrons. The van der Waals surface area contributed by atoms with Crippen molar-refractivity contribution in [3.8, 4) is 0 Å². The second-order valence-electron chi connectivity index (χ2n) is 4.39. The average Bonchev–Trinajstić information content (AvgIpc) is 2.34. The first-order valence-electron chi connectivity index (χ1n) is 6.72. The fraction of sp³-hybridized carbons (Fsp3) is 0.615. The van der Waals surface area contributed by atoms with Gasteiger partial charge in [-0.1, -0.05) is 6.92 Å². The van der Waals surface area contributed by atoms with Gasteiger partial charge >= 0.3 is 0 Å². The van der Waals surface area contributed by atoms with Crippen LogP contribution in [-0.4, -0.2) is 29.0 Å². The minimum Gasteiger partial charge on any atom is -0.370 e. The van der Waals surface area contributed by atoms with Gasteiger partial charge in [-0.15, -0.1) is 0 Å². The molecule has 6 nitrogen and oxygen atoms in total. The van der Waals surface area contributed by atoms with E-state index in [-0.39, 0.29) is 5.91 Å². The van der Waals surface area contributed by atoms with Crippen molar-refractivity contribution in [1.82, 2.24) is 9.97 Å². The van der Waals surface area contributed by atoms with Crippen molar-refractivity contribution in [2.75, 3.05) is 23.7 Å². The number of aryl methyl sites for hydroxylation is 1. The van der Waals surface area contributed by atoms with Crippen molar-refractivity contribution in [3.05, 3.63) is 11.4 Å². The summed E-state index contributed by atoms with van der Waals surface area (Å²) in [4.78, 5) is 19.7. The lowest BCUT2D eigenvalue weighted by Crippen LogP contribution is -2.17. The molecule has 1 heterocycles. The SMILES string of the molecule is CCCc1nc(NCC)c(C)c(NCCC(N)=O)n1. The minimum absolute atomic E-state index is 0.295. The predicted octanol–water partition coefficient (Wildman–Crippen LogP) is 1.46. The number of carbonyl (C=O) groups is 1. The summed E-state index contributed by atoms with van der Waals surface area (Å²) in [5.41, 5.74) is 6.09. The Kier molecular flexibility index (Phi) is 6.05. The molecule has 0 aliphatic carbocycles. The Hall–Kier alpha value is -1.85. The lowest BCUT2D eigenvalue weighted by Gasteiger charge is -2.14. The number of anilines is 2.